The maximum absolute atomic E-state index is 13.1. The van der Waals surface area contributed by atoms with Crippen molar-refractivity contribution < 1.29 is 9.59 Å². The summed E-state index contributed by atoms with van der Waals surface area (Å²) in [6.07, 6.45) is 1.83. The summed E-state index contributed by atoms with van der Waals surface area (Å²) in [5, 5.41) is 4.09. The average Bonchev–Trinajstić information content (AvgIpc) is 3.05. The number of benzene rings is 1. The Kier molecular flexibility index (Phi) is 7.73. The molecule has 0 spiro atoms. The molecule has 0 bridgehead atoms. The van der Waals surface area contributed by atoms with E-state index in [0.29, 0.717) is 28.3 Å². The van der Waals surface area contributed by atoms with Crippen molar-refractivity contribution in [3.8, 4) is 0 Å². The van der Waals surface area contributed by atoms with Gasteiger partial charge in [0.1, 0.15) is 4.83 Å². The van der Waals surface area contributed by atoms with Crippen molar-refractivity contribution in [1.29, 1.82) is 0 Å². The summed E-state index contributed by atoms with van der Waals surface area (Å²) in [6, 6.07) is 6.78. The van der Waals surface area contributed by atoms with Crippen molar-refractivity contribution in [2.75, 3.05) is 25.2 Å². The van der Waals surface area contributed by atoms with Gasteiger partial charge in [-0.05, 0) is 50.1 Å². The van der Waals surface area contributed by atoms with E-state index in [2.05, 4.69) is 12.2 Å². The van der Waals surface area contributed by atoms with Crippen molar-refractivity contribution in [3.05, 3.63) is 50.6 Å². The van der Waals surface area contributed by atoms with Crippen LogP contribution in [0.1, 0.15) is 40.6 Å². The summed E-state index contributed by atoms with van der Waals surface area (Å²) >= 11 is 2.78. The number of hydrogen-bond acceptors (Lipinski definition) is 6. The molecule has 0 saturated carbocycles. The van der Waals surface area contributed by atoms with E-state index in [0.717, 1.165) is 28.1 Å². The van der Waals surface area contributed by atoms with Crippen molar-refractivity contribution in [2.24, 2.45) is 0 Å². The third kappa shape index (κ3) is 5.21. The van der Waals surface area contributed by atoms with Gasteiger partial charge in [0, 0.05) is 36.8 Å². The van der Waals surface area contributed by atoms with E-state index in [1.54, 1.807) is 42.9 Å². The number of hydrogen-bond donors (Lipinski definition) is 1. The van der Waals surface area contributed by atoms with Gasteiger partial charge < -0.3 is 10.2 Å². The normalized spacial score (nSPS) is 11.0. The number of unbranched alkanes of at least 4 members (excludes halogenated alkanes) is 1. The second-order valence-corrected chi connectivity index (χ2v) is 9.93. The molecule has 7 nitrogen and oxygen atoms in total. The number of carbonyl (C=O) groups excluding carboxylic acids is 2. The molecule has 0 aliphatic carbocycles. The van der Waals surface area contributed by atoms with Gasteiger partial charge in [-0.1, -0.05) is 25.1 Å². The topological polar surface area (TPSA) is 84.3 Å². The molecule has 0 radical (unpaired) electrons. The Morgan fingerprint density at radius 3 is 2.50 bits per heavy atom. The molecule has 1 N–H and O–H groups in total. The molecule has 3 rings (SSSR count). The van der Waals surface area contributed by atoms with Crippen LogP contribution in [0.3, 0.4) is 0 Å². The lowest BCUT2D eigenvalue weighted by Crippen LogP contribution is -2.24. The number of thioether (sulfide) groups is 1. The van der Waals surface area contributed by atoms with Crippen molar-refractivity contribution in [2.45, 2.75) is 45.3 Å². The molecule has 0 aliphatic heterocycles. The molecule has 9 heteroatoms. The number of rotatable bonds is 8. The van der Waals surface area contributed by atoms with Crippen molar-refractivity contribution in [1.82, 2.24) is 14.5 Å². The van der Waals surface area contributed by atoms with Crippen LogP contribution in [0.5, 0.6) is 0 Å². The van der Waals surface area contributed by atoms with Gasteiger partial charge in [0.15, 0.2) is 5.16 Å². The summed E-state index contributed by atoms with van der Waals surface area (Å²) in [4.78, 5) is 45.7. The summed E-state index contributed by atoms with van der Waals surface area (Å²) in [6.45, 7) is 6.61. The fourth-order valence-corrected chi connectivity index (χ4v) is 5.11. The highest BCUT2D eigenvalue weighted by Crippen LogP contribution is 2.28. The number of anilines is 1. The number of nitrogens with one attached hydrogen (secondary N) is 1. The zero-order valence-corrected chi connectivity index (χ0v) is 20.7. The number of aryl methyl sites for hydroxylation is 2. The van der Waals surface area contributed by atoms with Crippen LogP contribution < -0.4 is 10.9 Å². The summed E-state index contributed by atoms with van der Waals surface area (Å²) in [5.74, 6) is -0.160. The van der Waals surface area contributed by atoms with Crippen LogP contribution in [0.2, 0.25) is 0 Å². The Bertz CT molecular complexity index is 1200. The van der Waals surface area contributed by atoms with Crippen LogP contribution in [-0.4, -0.2) is 46.1 Å². The predicted molar refractivity (Wildman–Crippen MR) is 132 cm³/mol. The molecule has 2 amide bonds. The zero-order valence-electron chi connectivity index (χ0n) is 19.0. The Balaban J connectivity index is 1.75. The summed E-state index contributed by atoms with van der Waals surface area (Å²) in [7, 11) is 3.39. The number of carbonyl (C=O) groups is 2. The highest BCUT2D eigenvalue weighted by atomic mass is 32.2. The van der Waals surface area contributed by atoms with E-state index in [9.17, 15) is 14.4 Å². The Labute approximate surface area is 195 Å². The largest absolute Gasteiger partial charge is 0.345 e. The number of thiophene rings is 1. The summed E-state index contributed by atoms with van der Waals surface area (Å²) in [5.41, 5.74) is 2.12. The van der Waals surface area contributed by atoms with Crippen LogP contribution in [-0.2, 0) is 11.3 Å². The highest BCUT2D eigenvalue weighted by molar-refractivity contribution is 7.99. The van der Waals surface area contributed by atoms with Crippen LogP contribution >= 0.6 is 23.1 Å². The van der Waals surface area contributed by atoms with E-state index in [4.69, 9.17) is 4.98 Å². The number of nitrogens with zero attached hydrogens (tertiary/aromatic N) is 3. The molecule has 32 heavy (non-hydrogen) atoms. The van der Waals surface area contributed by atoms with Crippen molar-refractivity contribution in [3.63, 3.8) is 0 Å². The predicted octanol–water partition coefficient (Wildman–Crippen LogP) is 4.31. The van der Waals surface area contributed by atoms with Crippen LogP contribution in [0.4, 0.5) is 5.69 Å². The second-order valence-electron chi connectivity index (χ2n) is 7.78. The lowest BCUT2D eigenvalue weighted by Gasteiger charge is -2.12. The Morgan fingerprint density at radius 2 is 1.88 bits per heavy atom. The van der Waals surface area contributed by atoms with E-state index >= 15 is 0 Å². The van der Waals surface area contributed by atoms with Gasteiger partial charge in [0.2, 0.25) is 5.91 Å². The smallest absolute Gasteiger partial charge is 0.263 e. The Morgan fingerprint density at radius 1 is 1.19 bits per heavy atom. The molecule has 2 heterocycles. The quantitative estimate of drug-likeness (QED) is 0.390. The first kappa shape index (κ1) is 24.0. The number of fused-ring (bicyclic) bond motifs is 1. The third-order valence-corrected chi connectivity index (χ3v) is 7.22. The molecule has 1 aromatic carbocycles. The first-order valence-electron chi connectivity index (χ1n) is 10.5. The number of aromatic nitrogens is 2. The molecule has 3 aromatic rings. The molecule has 0 atom stereocenters. The van der Waals surface area contributed by atoms with Gasteiger partial charge in [-0.15, -0.1) is 11.3 Å². The van der Waals surface area contributed by atoms with E-state index in [1.165, 1.54) is 28.0 Å². The Hall–Kier alpha value is -2.65. The summed E-state index contributed by atoms with van der Waals surface area (Å²) < 4.78 is 1.70. The lowest BCUT2D eigenvalue weighted by atomic mass is 10.2. The standard InChI is InChI=1S/C23H28N4O3S2/c1-6-7-12-27-22(30)19-14(2)15(3)32-20(19)25-23(27)31-13-18(28)24-17-10-8-16(9-11-17)21(29)26(4)5/h8-11H,6-7,12-13H2,1-5H3,(H,24,28). The minimum atomic E-state index is -0.198. The first-order chi connectivity index (χ1) is 15.2. The second kappa shape index (κ2) is 10.3. The molecule has 170 valence electrons. The third-order valence-electron chi connectivity index (χ3n) is 5.14. The van der Waals surface area contributed by atoms with Gasteiger partial charge >= 0.3 is 0 Å². The molecule has 0 unspecified atom stereocenters. The van der Waals surface area contributed by atoms with Gasteiger partial charge in [0.05, 0.1) is 11.1 Å². The molecular formula is C23H28N4O3S2. The minimum absolute atomic E-state index is 0.0330. The molecule has 2 aromatic heterocycles. The SMILES string of the molecule is CCCCn1c(SCC(=O)Nc2ccc(C(=O)N(C)C)cc2)nc2sc(C)c(C)c2c1=O. The van der Waals surface area contributed by atoms with E-state index in [-0.39, 0.29) is 23.1 Å². The highest BCUT2D eigenvalue weighted by Gasteiger charge is 2.17. The fraction of sp³-hybridized carbons (Fsp3) is 0.391. The van der Waals surface area contributed by atoms with E-state index < -0.39 is 0 Å². The molecule has 0 aliphatic rings. The first-order valence-corrected chi connectivity index (χ1v) is 12.3. The van der Waals surface area contributed by atoms with Gasteiger partial charge in [-0.3, -0.25) is 19.0 Å². The van der Waals surface area contributed by atoms with Crippen LogP contribution in [0.15, 0.2) is 34.2 Å². The molecule has 0 fully saturated rings. The van der Waals surface area contributed by atoms with Crippen LogP contribution in [0, 0.1) is 13.8 Å². The molecular weight excluding hydrogens is 444 g/mol. The van der Waals surface area contributed by atoms with Crippen LogP contribution in [0.25, 0.3) is 10.2 Å². The fourth-order valence-electron chi connectivity index (χ4n) is 3.21. The molecule has 0 saturated heterocycles. The van der Waals surface area contributed by atoms with Gasteiger partial charge in [0.25, 0.3) is 11.5 Å². The lowest BCUT2D eigenvalue weighted by molar-refractivity contribution is -0.113. The van der Waals surface area contributed by atoms with Gasteiger partial charge in [-0.2, -0.15) is 0 Å². The maximum Gasteiger partial charge on any atom is 0.263 e. The maximum atomic E-state index is 13.1. The monoisotopic (exact) mass is 472 g/mol. The number of amides is 2. The minimum Gasteiger partial charge on any atom is -0.345 e. The van der Waals surface area contributed by atoms with Gasteiger partial charge in [-0.25, -0.2) is 4.98 Å². The van der Waals surface area contributed by atoms with Crippen molar-refractivity contribution >= 4 is 50.8 Å². The average molecular weight is 473 g/mol. The van der Waals surface area contributed by atoms with E-state index in [1.807, 2.05) is 13.8 Å². The zero-order chi connectivity index (χ0) is 23.4.